The molecule has 1 spiro atoms. The van der Waals surface area contributed by atoms with E-state index in [-0.39, 0.29) is 46.7 Å². The predicted octanol–water partition coefficient (Wildman–Crippen LogP) is 6.23. The van der Waals surface area contributed by atoms with Gasteiger partial charge < -0.3 is 19.3 Å². The number of benzene rings is 2. The van der Waals surface area contributed by atoms with E-state index in [1.165, 1.54) is 12.1 Å². The summed E-state index contributed by atoms with van der Waals surface area (Å²) < 4.78 is 42.1. The Bertz CT molecular complexity index is 1770. The molecule has 1 N–H and O–H groups in total. The standard InChI is InChI=1S/C38H49N5O5S/c1-25(2)19-30-24-48-34-21-33(35-26(3)7-5-8-27(35)4)39-37(40-34)41-49(45,46)32-10-6-9-28(20-32)36(44)43(30)31-22-38(23-31)13-15-42(16-14-38)29-11-17-47-18-12-29/h5-10,20-21,25,29-31H,11-19,22-24H2,1-4H3,(H,39,40,41)/t30-/m1/s1. The molecule has 2 aromatic carbocycles. The summed E-state index contributed by atoms with van der Waals surface area (Å²) in [4.78, 5) is 28.4. The average molecular weight is 688 g/mol. The van der Waals surface area contributed by atoms with Gasteiger partial charge in [0.15, 0.2) is 0 Å². The lowest BCUT2D eigenvalue weighted by molar-refractivity contribution is -0.0658. The van der Waals surface area contributed by atoms with Crippen LogP contribution in [-0.2, 0) is 14.8 Å². The number of carbonyl (C=O) groups excluding carboxylic acids is 1. The first-order chi connectivity index (χ1) is 23.5. The number of anilines is 1. The molecule has 1 atom stereocenters. The summed E-state index contributed by atoms with van der Waals surface area (Å²) >= 11 is 0. The van der Waals surface area contributed by atoms with E-state index in [0.29, 0.717) is 23.2 Å². The predicted molar refractivity (Wildman–Crippen MR) is 189 cm³/mol. The molecule has 3 aromatic rings. The molecule has 49 heavy (non-hydrogen) atoms. The van der Waals surface area contributed by atoms with Crippen LogP contribution in [0.4, 0.5) is 5.95 Å². The van der Waals surface area contributed by atoms with Gasteiger partial charge in [0.25, 0.3) is 15.9 Å². The zero-order valence-corrected chi connectivity index (χ0v) is 30.0. The number of hydrogen-bond acceptors (Lipinski definition) is 8. The summed E-state index contributed by atoms with van der Waals surface area (Å²) in [6, 6.07) is 14.6. The third kappa shape index (κ3) is 7.07. The minimum atomic E-state index is -4.11. The number of sulfonamides is 1. The SMILES string of the molecule is Cc1cccc(C)c1-c1cc2nc(n1)NS(=O)(=O)c1cccc(c1)C(=O)N(C1CC3(CCN(C4CCOCC4)CC3)C1)[C@H](CC(C)C)CO2. The largest absolute Gasteiger partial charge is 0.475 e. The Hall–Kier alpha value is -3.54. The molecule has 3 fully saturated rings. The maximum absolute atomic E-state index is 14.6. The molecular weight excluding hydrogens is 639 g/mol. The van der Waals surface area contributed by atoms with E-state index < -0.39 is 10.0 Å². The molecule has 4 heterocycles. The number of carbonyl (C=O) groups is 1. The van der Waals surface area contributed by atoms with Gasteiger partial charge in [-0.25, -0.2) is 18.1 Å². The van der Waals surface area contributed by atoms with Crippen LogP contribution in [0.2, 0.25) is 0 Å². The molecule has 7 rings (SSSR count). The quantitative estimate of drug-likeness (QED) is 0.336. The van der Waals surface area contributed by atoms with Crippen molar-refractivity contribution in [3.63, 3.8) is 0 Å². The molecule has 2 saturated heterocycles. The van der Waals surface area contributed by atoms with Gasteiger partial charge in [-0.05, 0) is 113 Å². The molecular formula is C38H49N5O5S. The van der Waals surface area contributed by atoms with Crippen LogP contribution in [0.5, 0.6) is 5.88 Å². The van der Waals surface area contributed by atoms with Gasteiger partial charge >= 0.3 is 0 Å². The van der Waals surface area contributed by atoms with Crippen molar-refractivity contribution in [2.45, 2.75) is 95.7 Å². The first-order valence-electron chi connectivity index (χ1n) is 17.9. The molecule has 1 saturated carbocycles. The van der Waals surface area contributed by atoms with E-state index in [0.717, 1.165) is 87.9 Å². The van der Waals surface area contributed by atoms with E-state index in [1.807, 2.05) is 36.9 Å². The van der Waals surface area contributed by atoms with Crippen LogP contribution in [-0.4, -0.2) is 85.1 Å². The molecule has 11 heteroatoms. The highest BCUT2D eigenvalue weighted by Gasteiger charge is 2.51. The Morgan fingerprint density at radius 3 is 2.35 bits per heavy atom. The fraction of sp³-hybridized carbons (Fsp3) is 0.553. The zero-order valence-electron chi connectivity index (χ0n) is 29.2. The van der Waals surface area contributed by atoms with Crippen LogP contribution in [0.15, 0.2) is 53.4 Å². The van der Waals surface area contributed by atoms with Gasteiger partial charge in [0.2, 0.25) is 11.8 Å². The number of aryl methyl sites for hydroxylation is 2. The van der Waals surface area contributed by atoms with E-state index in [9.17, 15) is 13.2 Å². The molecule has 1 aliphatic carbocycles. The molecule has 3 aliphatic heterocycles. The number of ether oxygens (including phenoxy) is 2. The smallest absolute Gasteiger partial charge is 0.264 e. The van der Waals surface area contributed by atoms with Crippen molar-refractivity contribution in [1.82, 2.24) is 19.8 Å². The topological polar surface area (TPSA) is 114 Å². The lowest BCUT2D eigenvalue weighted by Crippen LogP contribution is -2.60. The van der Waals surface area contributed by atoms with Crippen molar-refractivity contribution in [2.24, 2.45) is 11.3 Å². The third-order valence-corrected chi connectivity index (χ3v) is 12.5. The van der Waals surface area contributed by atoms with Crippen molar-refractivity contribution in [2.75, 3.05) is 37.6 Å². The van der Waals surface area contributed by atoms with E-state index >= 15 is 0 Å². The minimum Gasteiger partial charge on any atom is -0.475 e. The van der Waals surface area contributed by atoms with E-state index in [2.05, 4.69) is 33.4 Å². The number of likely N-dealkylation sites (tertiary alicyclic amines) is 1. The molecule has 10 nitrogen and oxygen atoms in total. The maximum atomic E-state index is 14.6. The van der Waals surface area contributed by atoms with Gasteiger partial charge in [-0.2, -0.15) is 4.98 Å². The number of aromatic nitrogens is 2. The van der Waals surface area contributed by atoms with Crippen molar-refractivity contribution in [3.05, 3.63) is 65.2 Å². The molecule has 4 bridgehead atoms. The first kappa shape index (κ1) is 33.9. The fourth-order valence-electron chi connectivity index (χ4n) is 8.59. The van der Waals surface area contributed by atoms with Crippen molar-refractivity contribution in [3.8, 4) is 17.1 Å². The number of piperidine rings is 1. The summed E-state index contributed by atoms with van der Waals surface area (Å²) in [6.07, 6.45) is 7.13. The van der Waals surface area contributed by atoms with Gasteiger partial charge in [-0.3, -0.25) is 4.79 Å². The Morgan fingerprint density at radius 1 is 0.959 bits per heavy atom. The monoisotopic (exact) mass is 687 g/mol. The van der Waals surface area contributed by atoms with Crippen LogP contribution in [0.25, 0.3) is 11.3 Å². The molecule has 1 amide bonds. The van der Waals surface area contributed by atoms with Gasteiger partial charge in [0.05, 0.1) is 16.6 Å². The summed E-state index contributed by atoms with van der Waals surface area (Å²) in [6.45, 7) is 12.5. The van der Waals surface area contributed by atoms with Crippen LogP contribution in [0.1, 0.15) is 80.3 Å². The Morgan fingerprint density at radius 2 is 1.65 bits per heavy atom. The average Bonchev–Trinajstić information content (AvgIpc) is 3.06. The highest BCUT2D eigenvalue weighted by molar-refractivity contribution is 7.92. The second-order valence-electron chi connectivity index (χ2n) is 15.1. The van der Waals surface area contributed by atoms with Crippen LogP contribution >= 0.6 is 0 Å². The molecule has 4 aliphatic rings. The van der Waals surface area contributed by atoms with Crippen molar-refractivity contribution in [1.29, 1.82) is 0 Å². The van der Waals surface area contributed by atoms with Gasteiger partial charge in [0.1, 0.15) is 6.61 Å². The number of nitrogens with one attached hydrogen (secondary N) is 1. The van der Waals surface area contributed by atoms with E-state index in [1.54, 1.807) is 18.2 Å². The maximum Gasteiger partial charge on any atom is 0.264 e. The highest BCUT2D eigenvalue weighted by Crippen LogP contribution is 2.52. The van der Waals surface area contributed by atoms with E-state index in [4.69, 9.17) is 9.47 Å². The Balaban J connectivity index is 1.22. The number of amides is 1. The van der Waals surface area contributed by atoms with Gasteiger partial charge in [-0.15, -0.1) is 0 Å². The molecule has 0 radical (unpaired) electrons. The number of hydrogen-bond donors (Lipinski definition) is 1. The zero-order chi connectivity index (χ0) is 34.3. The molecule has 262 valence electrons. The Labute approximate surface area is 290 Å². The summed E-state index contributed by atoms with van der Waals surface area (Å²) in [7, 11) is -4.11. The Kier molecular flexibility index (Phi) is 9.45. The third-order valence-electron chi connectivity index (χ3n) is 11.1. The van der Waals surface area contributed by atoms with Crippen LogP contribution in [0, 0.1) is 25.2 Å². The fourth-order valence-corrected chi connectivity index (χ4v) is 9.58. The molecule has 1 aromatic heterocycles. The summed E-state index contributed by atoms with van der Waals surface area (Å²) in [5, 5.41) is 0. The lowest BCUT2D eigenvalue weighted by Gasteiger charge is -2.57. The molecule has 0 unspecified atom stereocenters. The van der Waals surface area contributed by atoms with Crippen molar-refractivity contribution < 1.29 is 22.7 Å². The minimum absolute atomic E-state index is 0.00735. The van der Waals surface area contributed by atoms with Crippen LogP contribution in [0.3, 0.4) is 0 Å². The number of nitrogens with zero attached hydrogens (tertiary/aromatic N) is 4. The summed E-state index contributed by atoms with van der Waals surface area (Å²) in [5.74, 6) is 0.342. The normalized spacial score (nSPS) is 23.2. The second kappa shape index (κ2) is 13.6. The van der Waals surface area contributed by atoms with Gasteiger partial charge in [-0.1, -0.05) is 38.1 Å². The lowest BCUT2D eigenvalue weighted by atomic mass is 9.59. The highest BCUT2D eigenvalue weighted by atomic mass is 32.2. The van der Waals surface area contributed by atoms with Crippen LogP contribution < -0.4 is 9.46 Å². The van der Waals surface area contributed by atoms with Crippen molar-refractivity contribution >= 4 is 21.9 Å². The second-order valence-corrected chi connectivity index (χ2v) is 16.7. The van der Waals surface area contributed by atoms with Gasteiger partial charge in [0, 0.05) is 42.5 Å². The number of rotatable bonds is 5. The number of fused-ring (bicyclic) bond motifs is 4. The summed E-state index contributed by atoms with van der Waals surface area (Å²) in [5.41, 5.74) is 4.08. The first-order valence-corrected chi connectivity index (χ1v) is 19.3.